The van der Waals surface area contributed by atoms with E-state index in [0.717, 1.165) is 25.3 Å². The summed E-state index contributed by atoms with van der Waals surface area (Å²) in [6.07, 6.45) is 5.06. The number of aromatic nitrogens is 2. The summed E-state index contributed by atoms with van der Waals surface area (Å²) in [5, 5.41) is 7.28. The first-order valence-corrected chi connectivity index (χ1v) is 4.20. The van der Waals surface area contributed by atoms with Gasteiger partial charge in [-0.25, -0.2) is 0 Å². The van der Waals surface area contributed by atoms with E-state index in [1.165, 1.54) is 0 Å². The number of nitrogens with zero attached hydrogens (tertiary/aromatic N) is 2. The lowest BCUT2D eigenvalue weighted by Gasteiger charge is -2.08. The van der Waals surface area contributed by atoms with Crippen LogP contribution in [0.25, 0.3) is 0 Å². The van der Waals surface area contributed by atoms with Gasteiger partial charge in [0, 0.05) is 13.6 Å². The van der Waals surface area contributed by atoms with E-state index in [2.05, 4.69) is 10.4 Å². The second kappa shape index (κ2) is 3.15. The second-order valence-electron chi connectivity index (χ2n) is 3.08. The molecule has 12 heavy (non-hydrogen) atoms. The normalized spacial score (nSPS) is 22.9. The van der Waals surface area contributed by atoms with Crippen LogP contribution in [0, 0.1) is 0 Å². The topological polar surface area (TPSA) is 39.1 Å². The highest BCUT2D eigenvalue weighted by Gasteiger charge is 2.15. The van der Waals surface area contributed by atoms with Crippen LogP contribution >= 0.6 is 0 Å². The van der Waals surface area contributed by atoms with Crippen molar-refractivity contribution < 1.29 is 4.74 Å². The highest BCUT2D eigenvalue weighted by molar-refractivity contribution is 5.12. The van der Waals surface area contributed by atoms with Crippen LogP contribution in [0.3, 0.4) is 0 Å². The molecule has 0 bridgehead atoms. The fraction of sp³-hybridized carbons (Fsp3) is 0.625. The van der Waals surface area contributed by atoms with Gasteiger partial charge in [-0.2, -0.15) is 5.10 Å². The van der Waals surface area contributed by atoms with E-state index in [4.69, 9.17) is 4.74 Å². The van der Waals surface area contributed by atoms with Gasteiger partial charge in [0.25, 0.3) is 0 Å². The monoisotopic (exact) mass is 167 g/mol. The zero-order valence-corrected chi connectivity index (χ0v) is 7.16. The van der Waals surface area contributed by atoms with Crippen molar-refractivity contribution in [3.8, 4) is 5.75 Å². The second-order valence-corrected chi connectivity index (χ2v) is 3.08. The van der Waals surface area contributed by atoms with Crippen LogP contribution in [0.15, 0.2) is 12.4 Å². The Morgan fingerprint density at radius 3 is 3.25 bits per heavy atom. The lowest BCUT2D eigenvalue weighted by molar-refractivity contribution is 0.223. The Morgan fingerprint density at radius 2 is 2.67 bits per heavy atom. The third-order valence-electron chi connectivity index (χ3n) is 2.00. The molecule has 0 aliphatic carbocycles. The molecule has 0 aromatic carbocycles. The fourth-order valence-corrected chi connectivity index (χ4v) is 1.38. The molecule has 0 amide bonds. The summed E-state index contributed by atoms with van der Waals surface area (Å²) in [5.41, 5.74) is 0. The van der Waals surface area contributed by atoms with Gasteiger partial charge >= 0.3 is 0 Å². The van der Waals surface area contributed by atoms with Crippen molar-refractivity contribution in [1.82, 2.24) is 15.1 Å². The van der Waals surface area contributed by atoms with E-state index in [1.54, 1.807) is 10.9 Å². The lowest BCUT2D eigenvalue weighted by atomic mass is 10.3. The highest BCUT2D eigenvalue weighted by Crippen LogP contribution is 2.12. The zero-order chi connectivity index (χ0) is 8.39. The fourth-order valence-electron chi connectivity index (χ4n) is 1.38. The first kappa shape index (κ1) is 7.61. The van der Waals surface area contributed by atoms with E-state index in [-0.39, 0.29) is 0 Å². The molecule has 4 heteroatoms. The maximum absolute atomic E-state index is 5.65. The average Bonchev–Trinajstić information content (AvgIpc) is 2.63. The van der Waals surface area contributed by atoms with Crippen LogP contribution in [0.5, 0.6) is 5.75 Å². The van der Waals surface area contributed by atoms with Gasteiger partial charge in [-0.3, -0.25) is 4.68 Å². The summed E-state index contributed by atoms with van der Waals surface area (Å²) in [6, 6.07) is 0. The smallest absolute Gasteiger partial charge is 0.157 e. The number of ether oxygens (including phenoxy) is 1. The molecule has 2 rings (SSSR count). The number of aryl methyl sites for hydroxylation is 1. The van der Waals surface area contributed by atoms with Gasteiger partial charge in [-0.15, -0.1) is 0 Å². The van der Waals surface area contributed by atoms with Gasteiger partial charge in [0.15, 0.2) is 5.75 Å². The summed E-state index contributed by atoms with van der Waals surface area (Å²) < 4.78 is 7.40. The lowest BCUT2D eigenvalue weighted by Crippen LogP contribution is -2.19. The van der Waals surface area contributed by atoms with Crippen molar-refractivity contribution in [3.63, 3.8) is 0 Å². The summed E-state index contributed by atoms with van der Waals surface area (Å²) in [6.45, 7) is 2.01. The number of rotatable bonds is 2. The molecule has 0 saturated carbocycles. The molecular formula is C8H13N3O. The molecule has 1 aromatic rings. The largest absolute Gasteiger partial charge is 0.486 e. The van der Waals surface area contributed by atoms with Gasteiger partial charge in [0.1, 0.15) is 6.10 Å². The molecule has 1 aliphatic rings. The Kier molecular flexibility index (Phi) is 1.99. The molecule has 4 nitrogen and oxygen atoms in total. The maximum Gasteiger partial charge on any atom is 0.157 e. The van der Waals surface area contributed by atoms with E-state index < -0.39 is 0 Å². The Hall–Kier alpha value is -1.03. The van der Waals surface area contributed by atoms with Crippen molar-refractivity contribution in [2.75, 3.05) is 13.1 Å². The molecule has 1 fully saturated rings. The quantitative estimate of drug-likeness (QED) is 0.682. The Labute approximate surface area is 71.5 Å². The molecule has 66 valence electrons. The van der Waals surface area contributed by atoms with Crippen LogP contribution in [-0.4, -0.2) is 29.0 Å². The molecule has 0 radical (unpaired) electrons. The van der Waals surface area contributed by atoms with Crippen molar-refractivity contribution in [2.45, 2.75) is 12.5 Å². The van der Waals surface area contributed by atoms with Crippen LogP contribution in [0.4, 0.5) is 0 Å². The number of hydrogen-bond acceptors (Lipinski definition) is 3. The van der Waals surface area contributed by atoms with E-state index in [9.17, 15) is 0 Å². The number of nitrogens with one attached hydrogen (secondary N) is 1. The van der Waals surface area contributed by atoms with Crippen molar-refractivity contribution in [2.24, 2.45) is 7.05 Å². The third kappa shape index (κ3) is 1.58. The maximum atomic E-state index is 5.65. The van der Waals surface area contributed by atoms with Crippen LogP contribution in [0.2, 0.25) is 0 Å². The molecule has 1 atom stereocenters. The molecule has 0 spiro atoms. The predicted molar refractivity (Wildman–Crippen MR) is 45.1 cm³/mol. The summed E-state index contributed by atoms with van der Waals surface area (Å²) in [4.78, 5) is 0. The first-order chi connectivity index (χ1) is 5.84. The number of hydrogen-bond donors (Lipinski definition) is 1. The van der Waals surface area contributed by atoms with Gasteiger partial charge in [-0.05, 0) is 13.0 Å². The Balaban J connectivity index is 1.94. The molecule has 1 unspecified atom stereocenters. The van der Waals surface area contributed by atoms with E-state index in [0.29, 0.717) is 6.10 Å². The van der Waals surface area contributed by atoms with Crippen LogP contribution in [-0.2, 0) is 7.05 Å². The molecule has 2 heterocycles. The van der Waals surface area contributed by atoms with Gasteiger partial charge in [0.2, 0.25) is 0 Å². The van der Waals surface area contributed by atoms with Crippen LogP contribution < -0.4 is 10.1 Å². The molecular weight excluding hydrogens is 154 g/mol. The summed E-state index contributed by atoms with van der Waals surface area (Å²) in [5.74, 6) is 0.867. The van der Waals surface area contributed by atoms with Gasteiger partial charge in [0.05, 0.1) is 12.4 Å². The van der Waals surface area contributed by atoms with Crippen molar-refractivity contribution >= 4 is 0 Å². The minimum atomic E-state index is 0.328. The standard InChI is InChI=1S/C8H13N3O/c1-11-6-8(5-10-11)12-7-2-3-9-4-7/h5-7,9H,2-4H2,1H3. The zero-order valence-electron chi connectivity index (χ0n) is 7.16. The average molecular weight is 167 g/mol. The summed E-state index contributed by atoms with van der Waals surface area (Å²) in [7, 11) is 1.89. The minimum absolute atomic E-state index is 0.328. The van der Waals surface area contributed by atoms with Gasteiger partial charge < -0.3 is 10.1 Å². The summed E-state index contributed by atoms with van der Waals surface area (Å²) >= 11 is 0. The van der Waals surface area contributed by atoms with Crippen LogP contribution in [0.1, 0.15) is 6.42 Å². The Morgan fingerprint density at radius 1 is 1.75 bits per heavy atom. The van der Waals surface area contributed by atoms with Gasteiger partial charge in [-0.1, -0.05) is 0 Å². The molecule has 1 saturated heterocycles. The third-order valence-corrected chi connectivity index (χ3v) is 2.00. The van der Waals surface area contributed by atoms with Crippen molar-refractivity contribution in [3.05, 3.63) is 12.4 Å². The van der Waals surface area contributed by atoms with Crippen molar-refractivity contribution in [1.29, 1.82) is 0 Å². The molecule has 1 N–H and O–H groups in total. The predicted octanol–water partition coefficient (Wildman–Crippen LogP) is 0.161. The first-order valence-electron chi connectivity index (χ1n) is 4.20. The van der Waals surface area contributed by atoms with E-state index >= 15 is 0 Å². The highest BCUT2D eigenvalue weighted by atomic mass is 16.5. The minimum Gasteiger partial charge on any atom is -0.486 e. The van der Waals surface area contributed by atoms with E-state index in [1.807, 2.05) is 13.2 Å². The Bertz CT molecular complexity index is 253. The molecule has 1 aliphatic heterocycles. The SMILES string of the molecule is Cn1cc(OC2CCNC2)cn1. The molecule has 1 aromatic heterocycles.